The van der Waals surface area contributed by atoms with Gasteiger partial charge in [-0.2, -0.15) is 0 Å². The van der Waals surface area contributed by atoms with Gasteiger partial charge in [-0.25, -0.2) is 4.79 Å². The molecule has 2 nitrogen and oxygen atoms in total. The van der Waals surface area contributed by atoms with Crippen LogP contribution in [-0.2, 0) is 4.74 Å². The van der Waals surface area contributed by atoms with E-state index in [0.29, 0.717) is 5.56 Å². The lowest BCUT2D eigenvalue weighted by Gasteiger charge is -2.10. The van der Waals surface area contributed by atoms with Gasteiger partial charge in [0.25, 0.3) is 0 Å². The van der Waals surface area contributed by atoms with Crippen molar-refractivity contribution in [3.05, 3.63) is 34.9 Å². The number of rotatable bonds is 2. The van der Waals surface area contributed by atoms with Gasteiger partial charge in [0.15, 0.2) is 5.56 Å². The monoisotopic (exact) mass is 212 g/mol. The first-order chi connectivity index (χ1) is 6.52. The number of aryl methyl sites for hydroxylation is 2. The molecule has 0 saturated heterocycles. The Labute approximate surface area is 88.8 Å². The smallest absolute Gasteiger partial charge is 0.340 e. The molecular weight excluding hydrogens is 200 g/mol. The van der Waals surface area contributed by atoms with Crippen molar-refractivity contribution < 1.29 is 9.53 Å². The number of esters is 1. The second kappa shape index (κ2) is 4.47. The molecule has 0 fully saturated rings. The molecule has 0 saturated carbocycles. The molecule has 76 valence electrons. The number of hydrogen-bond donors (Lipinski definition) is 0. The number of carbonyl (C=O) groups excluding carboxylic acids is 1. The van der Waals surface area contributed by atoms with Crippen LogP contribution in [0.1, 0.15) is 28.4 Å². The lowest BCUT2D eigenvalue weighted by atomic mass is 10.0. The number of carbonyl (C=O) groups is 1. The Hall–Kier alpha value is -1.02. The third kappa shape index (κ3) is 2.48. The Bertz CT molecular complexity index is 325. The van der Waals surface area contributed by atoms with Crippen LogP contribution in [0.15, 0.2) is 18.2 Å². The van der Waals surface area contributed by atoms with E-state index in [9.17, 15) is 4.79 Å². The highest BCUT2D eigenvalue weighted by molar-refractivity contribution is 6.20. The highest BCUT2D eigenvalue weighted by Crippen LogP contribution is 2.15. The summed E-state index contributed by atoms with van der Waals surface area (Å²) in [6, 6.07) is 5.66. The lowest BCUT2D eigenvalue weighted by Crippen LogP contribution is -2.12. The first kappa shape index (κ1) is 11.1. The molecule has 0 aliphatic heterocycles. The Kier molecular flexibility index (Phi) is 3.53. The van der Waals surface area contributed by atoms with E-state index in [1.54, 1.807) is 6.92 Å². The SMILES string of the molecule is Cc1cccc(C)c1C(=O)OC(C)Cl. The van der Waals surface area contributed by atoms with Crippen molar-refractivity contribution in [2.45, 2.75) is 26.3 Å². The van der Waals surface area contributed by atoms with E-state index in [1.807, 2.05) is 32.0 Å². The number of halogens is 1. The molecule has 0 aromatic heterocycles. The van der Waals surface area contributed by atoms with E-state index < -0.39 is 5.56 Å². The molecule has 0 spiro atoms. The number of hydrogen-bond acceptors (Lipinski definition) is 2. The van der Waals surface area contributed by atoms with Crippen molar-refractivity contribution in [2.75, 3.05) is 0 Å². The van der Waals surface area contributed by atoms with E-state index in [2.05, 4.69) is 0 Å². The van der Waals surface area contributed by atoms with Crippen LogP contribution in [-0.4, -0.2) is 11.5 Å². The predicted molar refractivity (Wildman–Crippen MR) is 56.6 cm³/mol. The van der Waals surface area contributed by atoms with Gasteiger partial charge >= 0.3 is 5.97 Å². The van der Waals surface area contributed by atoms with Crippen LogP contribution >= 0.6 is 11.6 Å². The molecule has 1 rings (SSSR count). The van der Waals surface area contributed by atoms with Gasteiger partial charge in [-0.15, -0.1) is 0 Å². The summed E-state index contributed by atoms with van der Waals surface area (Å²) in [7, 11) is 0. The summed E-state index contributed by atoms with van der Waals surface area (Å²) in [5, 5.41) is 0. The summed E-state index contributed by atoms with van der Waals surface area (Å²) in [6.07, 6.45) is 0. The Morgan fingerprint density at radius 1 is 1.36 bits per heavy atom. The molecule has 14 heavy (non-hydrogen) atoms. The summed E-state index contributed by atoms with van der Waals surface area (Å²) in [5.41, 5.74) is 1.83. The van der Waals surface area contributed by atoms with Gasteiger partial charge in [0.2, 0.25) is 0 Å². The first-order valence-electron chi connectivity index (χ1n) is 4.43. The summed E-state index contributed by atoms with van der Waals surface area (Å²) in [6.45, 7) is 5.37. The predicted octanol–water partition coefficient (Wildman–Crippen LogP) is 3.05. The minimum absolute atomic E-state index is 0.358. The van der Waals surface area contributed by atoms with E-state index in [0.717, 1.165) is 11.1 Å². The van der Waals surface area contributed by atoms with Gasteiger partial charge in [-0.3, -0.25) is 0 Å². The fourth-order valence-electron chi connectivity index (χ4n) is 1.34. The van der Waals surface area contributed by atoms with Crippen LogP contribution in [0.2, 0.25) is 0 Å². The summed E-state index contributed by atoms with van der Waals surface area (Å²) < 4.78 is 4.92. The van der Waals surface area contributed by atoms with Gasteiger partial charge in [-0.1, -0.05) is 29.8 Å². The molecule has 0 radical (unpaired) electrons. The zero-order chi connectivity index (χ0) is 10.7. The van der Waals surface area contributed by atoms with E-state index >= 15 is 0 Å². The molecule has 1 unspecified atom stereocenters. The van der Waals surface area contributed by atoms with Crippen LogP contribution < -0.4 is 0 Å². The van der Waals surface area contributed by atoms with Gasteiger partial charge in [0.1, 0.15) is 0 Å². The van der Waals surface area contributed by atoms with Crippen LogP contribution in [0.4, 0.5) is 0 Å². The number of alkyl halides is 1. The maximum atomic E-state index is 11.6. The Morgan fingerprint density at radius 2 is 1.86 bits per heavy atom. The lowest BCUT2D eigenvalue weighted by molar-refractivity contribution is 0.0470. The summed E-state index contributed by atoms with van der Waals surface area (Å²) in [5.74, 6) is -0.358. The molecule has 0 amide bonds. The van der Waals surface area contributed by atoms with E-state index in [4.69, 9.17) is 16.3 Å². The van der Waals surface area contributed by atoms with Gasteiger partial charge < -0.3 is 4.74 Å². The minimum atomic E-state index is -0.596. The van der Waals surface area contributed by atoms with Crippen molar-refractivity contribution in [1.29, 1.82) is 0 Å². The molecule has 3 heteroatoms. The molecular formula is C11H13ClO2. The first-order valence-corrected chi connectivity index (χ1v) is 4.87. The van der Waals surface area contributed by atoms with Crippen molar-refractivity contribution in [1.82, 2.24) is 0 Å². The van der Waals surface area contributed by atoms with E-state index in [1.165, 1.54) is 0 Å². The maximum absolute atomic E-state index is 11.6. The van der Waals surface area contributed by atoms with Crippen molar-refractivity contribution in [3.63, 3.8) is 0 Å². The van der Waals surface area contributed by atoms with Gasteiger partial charge in [0.05, 0.1) is 5.56 Å². The third-order valence-electron chi connectivity index (χ3n) is 1.95. The molecule has 0 aliphatic rings. The highest BCUT2D eigenvalue weighted by atomic mass is 35.5. The van der Waals surface area contributed by atoms with Crippen molar-refractivity contribution in [2.24, 2.45) is 0 Å². The van der Waals surface area contributed by atoms with E-state index in [-0.39, 0.29) is 5.97 Å². The van der Waals surface area contributed by atoms with Crippen molar-refractivity contribution in [3.8, 4) is 0 Å². The molecule has 0 heterocycles. The molecule has 1 aromatic rings. The zero-order valence-electron chi connectivity index (χ0n) is 8.50. The highest BCUT2D eigenvalue weighted by Gasteiger charge is 2.14. The quantitative estimate of drug-likeness (QED) is 0.557. The van der Waals surface area contributed by atoms with Crippen molar-refractivity contribution >= 4 is 17.6 Å². The van der Waals surface area contributed by atoms with Gasteiger partial charge in [0, 0.05) is 0 Å². The summed E-state index contributed by atoms with van der Waals surface area (Å²) in [4.78, 5) is 11.6. The average Bonchev–Trinajstić information content (AvgIpc) is 2.01. The second-order valence-corrected chi connectivity index (χ2v) is 3.83. The summed E-state index contributed by atoms with van der Waals surface area (Å²) >= 11 is 5.58. The number of ether oxygens (including phenoxy) is 1. The molecule has 1 aromatic carbocycles. The zero-order valence-corrected chi connectivity index (χ0v) is 9.26. The fraction of sp³-hybridized carbons (Fsp3) is 0.364. The second-order valence-electron chi connectivity index (χ2n) is 3.22. The maximum Gasteiger partial charge on any atom is 0.340 e. The Morgan fingerprint density at radius 3 is 2.29 bits per heavy atom. The average molecular weight is 213 g/mol. The van der Waals surface area contributed by atoms with Gasteiger partial charge in [-0.05, 0) is 31.9 Å². The molecule has 0 N–H and O–H groups in total. The molecule has 1 atom stereocenters. The third-order valence-corrected chi connectivity index (χ3v) is 2.04. The largest absolute Gasteiger partial charge is 0.443 e. The van der Waals surface area contributed by atoms with Crippen LogP contribution in [0.5, 0.6) is 0 Å². The Balaban J connectivity index is 3.00. The van der Waals surface area contributed by atoms with Crippen LogP contribution in [0.3, 0.4) is 0 Å². The number of benzene rings is 1. The molecule has 0 aliphatic carbocycles. The standard InChI is InChI=1S/C11H13ClO2/c1-7-5-4-6-8(2)10(7)11(13)14-9(3)12/h4-6,9H,1-3H3. The fourth-order valence-corrected chi connectivity index (χ4v) is 1.42. The minimum Gasteiger partial charge on any atom is -0.443 e. The topological polar surface area (TPSA) is 26.3 Å². The normalized spacial score (nSPS) is 12.3. The van der Waals surface area contributed by atoms with Crippen LogP contribution in [0.25, 0.3) is 0 Å². The van der Waals surface area contributed by atoms with Crippen LogP contribution in [0, 0.1) is 13.8 Å². The molecule has 0 bridgehead atoms.